The van der Waals surface area contributed by atoms with Gasteiger partial charge in [-0.1, -0.05) is 39.8 Å². The van der Waals surface area contributed by atoms with E-state index in [9.17, 15) is 4.79 Å². The zero-order valence-electron chi connectivity index (χ0n) is 15.2. The fourth-order valence-electron chi connectivity index (χ4n) is 2.23. The predicted octanol–water partition coefficient (Wildman–Crippen LogP) is 4.84. The molecule has 1 amide bonds. The number of carbonyl (C=O) groups is 1. The van der Waals surface area contributed by atoms with Gasteiger partial charge in [0.1, 0.15) is 5.82 Å². The lowest BCUT2D eigenvalue weighted by Crippen LogP contribution is -2.15. The highest BCUT2D eigenvalue weighted by atomic mass is 16.1. The molecule has 0 fully saturated rings. The summed E-state index contributed by atoms with van der Waals surface area (Å²) >= 11 is 0. The van der Waals surface area contributed by atoms with Gasteiger partial charge in [0.2, 0.25) is 0 Å². The molecule has 1 aromatic heterocycles. The number of aromatic nitrogens is 1. The summed E-state index contributed by atoms with van der Waals surface area (Å²) in [5.41, 5.74) is 2.62. The van der Waals surface area contributed by atoms with Crippen molar-refractivity contribution in [2.75, 3.05) is 10.6 Å². The summed E-state index contributed by atoms with van der Waals surface area (Å²) in [6.45, 7) is 10.7. The molecule has 0 aliphatic rings. The molecule has 0 spiro atoms. The highest BCUT2D eigenvalue weighted by molar-refractivity contribution is 6.04. The Morgan fingerprint density at radius 3 is 2.29 bits per heavy atom. The van der Waals surface area contributed by atoms with Crippen LogP contribution in [0.4, 0.5) is 11.5 Å². The van der Waals surface area contributed by atoms with Gasteiger partial charge in [-0.05, 0) is 48.6 Å². The van der Waals surface area contributed by atoms with Crippen LogP contribution in [0.2, 0.25) is 0 Å². The zero-order valence-corrected chi connectivity index (χ0v) is 15.2. The molecule has 2 aromatic rings. The van der Waals surface area contributed by atoms with Gasteiger partial charge in [-0.15, -0.1) is 0 Å². The Balaban J connectivity index is 2.01. The van der Waals surface area contributed by atoms with E-state index in [1.807, 2.05) is 36.4 Å². The lowest BCUT2D eigenvalue weighted by molar-refractivity contribution is 0.102. The van der Waals surface area contributed by atoms with Crippen LogP contribution in [0.3, 0.4) is 0 Å². The minimum atomic E-state index is -0.125. The number of anilines is 2. The largest absolute Gasteiger partial charge is 0.368 e. The molecule has 1 unspecified atom stereocenters. The maximum absolute atomic E-state index is 12.3. The van der Waals surface area contributed by atoms with Crippen molar-refractivity contribution < 1.29 is 4.79 Å². The number of hydrogen-bond acceptors (Lipinski definition) is 3. The highest BCUT2D eigenvalue weighted by Gasteiger charge is 2.14. The van der Waals surface area contributed by atoms with Crippen LogP contribution in [0.5, 0.6) is 0 Å². The summed E-state index contributed by atoms with van der Waals surface area (Å²) < 4.78 is 0. The first-order valence-electron chi connectivity index (χ1n) is 8.44. The molecule has 24 heavy (non-hydrogen) atoms. The SMILES string of the molecule is CCC(C)Nc1ccc(NC(=O)c2ccc(C(C)(C)C)cc2)cn1. The van der Waals surface area contributed by atoms with Crippen LogP contribution in [0.25, 0.3) is 0 Å². The fraction of sp³-hybridized carbons (Fsp3) is 0.400. The lowest BCUT2D eigenvalue weighted by Gasteiger charge is -2.19. The number of nitrogens with one attached hydrogen (secondary N) is 2. The van der Waals surface area contributed by atoms with Crippen LogP contribution in [-0.4, -0.2) is 16.9 Å². The second kappa shape index (κ2) is 7.47. The number of amides is 1. The third-order valence-corrected chi connectivity index (χ3v) is 4.04. The van der Waals surface area contributed by atoms with E-state index in [0.717, 1.165) is 12.2 Å². The topological polar surface area (TPSA) is 54.0 Å². The van der Waals surface area contributed by atoms with Crippen molar-refractivity contribution in [3.05, 3.63) is 53.7 Å². The van der Waals surface area contributed by atoms with Gasteiger partial charge in [0, 0.05) is 11.6 Å². The van der Waals surface area contributed by atoms with Crippen molar-refractivity contribution in [2.45, 2.75) is 52.5 Å². The molecule has 0 bridgehead atoms. The third kappa shape index (κ3) is 4.82. The van der Waals surface area contributed by atoms with Crippen LogP contribution >= 0.6 is 0 Å². The maximum Gasteiger partial charge on any atom is 0.255 e. The summed E-state index contributed by atoms with van der Waals surface area (Å²) in [7, 11) is 0. The van der Waals surface area contributed by atoms with E-state index < -0.39 is 0 Å². The van der Waals surface area contributed by atoms with Gasteiger partial charge in [0.25, 0.3) is 5.91 Å². The van der Waals surface area contributed by atoms with E-state index in [0.29, 0.717) is 17.3 Å². The minimum absolute atomic E-state index is 0.0807. The minimum Gasteiger partial charge on any atom is -0.368 e. The summed E-state index contributed by atoms with van der Waals surface area (Å²) in [6, 6.07) is 11.9. The molecule has 0 radical (unpaired) electrons. The number of benzene rings is 1. The molecule has 0 aliphatic heterocycles. The molecule has 2 N–H and O–H groups in total. The standard InChI is InChI=1S/C20H27N3O/c1-6-14(2)22-18-12-11-17(13-21-18)23-19(24)15-7-9-16(10-8-15)20(3,4)5/h7-14H,6H2,1-5H3,(H,21,22)(H,23,24). The molecule has 0 saturated carbocycles. The molecule has 1 aromatic carbocycles. The van der Waals surface area contributed by atoms with Gasteiger partial charge in [0.15, 0.2) is 0 Å². The van der Waals surface area contributed by atoms with E-state index in [1.165, 1.54) is 5.56 Å². The fourth-order valence-corrected chi connectivity index (χ4v) is 2.23. The molecule has 0 saturated heterocycles. The van der Waals surface area contributed by atoms with Crippen molar-refractivity contribution in [3.63, 3.8) is 0 Å². The Labute approximate surface area is 144 Å². The Morgan fingerprint density at radius 2 is 1.79 bits per heavy atom. The Bertz CT molecular complexity index is 670. The average Bonchev–Trinajstić information content (AvgIpc) is 2.55. The monoisotopic (exact) mass is 325 g/mol. The Kier molecular flexibility index (Phi) is 5.60. The van der Waals surface area contributed by atoms with Crippen LogP contribution in [0, 0.1) is 0 Å². The summed E-state index contributed by atoms with van der Waals surface area (Å²) in [5, 5.41) is 6.18. The molecular formula is C20H27N3O. The molecule has 4 heteroatoms. The molecule has 0 aliphatic carbocycles. The summed E-state index contributed by atoms with van der Waals surface area (Å²) in [5.74, 6) is 0.691. The Morgan fingerprint density at radius 1 is 1.12 bits per heavy atom. The molecule has 1 atom stereocenters. The molecule has 128 valence electrons. The third-order valence-electron chi connectivity index (χ3n) is 4.04. The van der Waals surface area contributed by atoms with E-state index in [-0.39, 0.29) is 11.3 Å². The maximum atomic E-state index is 12.3. The van der Waals surface area contributed by atoms with E-state index >= 15 is 0 Å². The average molecular weight is 325 g/mol. The summed E-state index contributed by atoms with van der Waals surface area (Å²) in [4.78, 5) is 16.7. The first kappa shape index (κ1) is 18.0. The highest BCUT2D eigenvalue weighted by Crippen LogP contribution is 2.22. The van der Waals surface area contributed by atoms with Crippen LogP contribution in [0.15, 0.2) is 42.6 Å². The number of pyridine rings is 1. The van der Waals surface area contributed by atoms with Gasteiger partial charge in [0.05, 0.1) is 11.9 Å². The van der Waals surface area contributed by atoms with Gasteiger partial charge >= 0.3 is 0 Å². The normalized spacial score (nSPS) is 12.5. The zero-order chi connectivity index (χ0) is 17.7. The number of carbonyl (C=O) groups excluding carboxylic acids is 1. The smallest absolute Gasteiger partial charge is 0.255 e. The van der Waals surface area contributed by atoms with Gasteiger partial charge in [-0.3, -0.25) is 4.79 Å². The summed E-state index contributed by atoms with van der Waals surface area (Å²) in [6.07, 6.45) is 2.71. The van der Waals surface area contributed by atoms with Crippen molar-refractivity contribution in [3.8, 4) is 0 Å². The van der Waals surface area contributed by atoms with Gasteiger partial charge in [-0.2, -0.15) is 0 Å². The second-order valence-electron chi connectivity index (χ2n) is 7.17. The number of nitrogens with zero attached hydrogens (tertiary/aromatic N) is 1. The van der Waals surface area contributed by atoms with E-state index in [2.05, 4.69) is 50.2 Å². The second-order valence-corrected chi connectivity index (χ2v) is 7.17. The van der Waals surface area contributed by atoms with Crippen molar-refractivity contribution in [1.29, 1.82) is 0 Å². The Hall–Kier alpha value is -2.36. The van der Waals surface area contributed by atoms with Crippen molar-refractivity contribution >= 4 is 17.4 Å². The lowest BCUT2D eigenvalue weighted by atomic mass is 9.87. The number of rotatable bonds is 5. The molecule has 2 rings (SSSR count). The quantitative estimate of drug-likeness (QED) is 0.827. The van der Waals surface area contributed by atoms with E-state index in [4.69, 9.17) is 0 Å². The molecule has 4 nitrogen and oxygen atoms in total. The molecular weight excluding hydrogens is 298 g/mol. The predicted molar refractivity (Wildman–Crippen MR) is 101 cm³/mol. The van der Waals surface area contributed by atoms with Gasteiger partial charge < -0.3 is 10.6 Å². The first-order chi connectivity index (χ1) is 11.3. The molecule has 1 heterocycles. The number of hydrogen-bond donors (Lipinski definition) is 2. The first-order valence-corrected chi connectivity index (χ1v) is 8.44. The van der Waals surface area contributed by atoms with E-state index in [1.54, 1.807) is 6.20 Å². The van der Waals surface area contributed by atoms with Crippen molar-refractivity contribution in [1.82, 2.24) is 4.98 Å². The van der Waals surface area contributed by atoms with Gasteiger partial charge in [-0.25, -0.2) is 4.98 Å². The van der Waals surface area contributed by atoms with Crippen LogP contribution in [-0.2, 0) is 5.41 Å². The van der Waals surface area contributed by atoms with Crippen molar-refractivity contribution in [2.24, 2.45) is 0 Å². The van der Waals surface area contributed by atoms with Crippen LogP contribution in [0.1, 0.15) is 57.0 Å². The van der Waals surface area contributed by atoms with Crippen LogP contribution < -0.4 is 10.6 Å².